The second kappa shape index (κ2) is 7.87. The fourth-order valence-corrected chi connectivity index (χ4v) is 4.40. The van der Waals surface area contributed by atoms with Gasteiger partial charge in [0.25, 0.3) is 11.8 Å². The average Bonchev–Trinajstić information content (AvgIpc) is 3.58. The summed E-state index contributed by atoms with van der Waals surface area (Å²) in [5, 5.41) is 17.3. The van der Waals surface area contributed by atoms with E-state index in [1.807, 2.05) is 18.2 Å². The van der Waals surface area contributed by atoms with Crippen LogP contribution in [0.3, 0.4) is 0 Å². The van der Waals surface area contributed by atoms with Gasteiger partial charge in [-0.1, -0.05) is 17.3 Å². The lowest BCUT2D eigenvalue weighted by Gasteiger charge is -2.29. The summed E-state index contributed by atoms with van der Waals surface area (Å²) >= 11 is 0. The Kier molecular flexibility index (Phi) is 4.66. The molecular weight excluding hydrogens is 452 g/mol. The van der Waals surface area contributed by atoms with Crippen LogP contribution in [0.15, 0.2) is 55.0 Å². The van der Waals surface area contributed by atoms with Gasteiger partial charge in [-0.25, -0.2) is 9.20 Å². The van der Waals surface area contributed by atoms with Gasteiger partial charge in [0.15, 0.2) is 5.69 Å². The molecular formula is C23H18N8O4. The number of fused-ring (bicyclic) bond motifs is 2. The van der Waals surface area contributed by atoms with Crippen LogP contribution in [0.4, 0.5) is 5.69 Å². The van der Waals surface area contributed by atoms with Crippen molar-refractivity contribution in [3.8, 4) is 5.69 Å². The average molecular weight is 470 g/mol. The topological polar surface area (TPSA) is 144 Å². The van der Waals surface area contributed by atoms with E-state index in [4.69, 9.17) is 0 Å². The molecule has 2 aliphatic heterocycles. The Morgan fingerprint density at radius 1 is 1.14 bits per heavy atom. The van der Waals surface area contributed by atoms with Gasteiger partial charge in [0.1, 0.15) is 6.04 Å². The molecule has 6 rings (SSSR count). The minimum atomic E-state index is -0.683. The quantitative estimate of drug-likeness (QED) is 0.422. The summed E-state index contributed by atoms with van der Waals surface area (Å²) in [6.45, 7) is 0.283. The molecule has 1 aromatic carbocycles. The number of nitrogens with zero attached hydrogens (tertiary/aromatic N) is 6. The van der Waals surface area contributed by atoms with E-state index in [-0.39, 0.29) is 30.5 Å². The monoisotopic (exact) mass is 470 g/mol. The third-order valence-electron chi connectivity index (χ3n) is 6.18. The van der Waals surface area contributed by atoms with Gasteiger partial charge in [-0.2, -0.15) is 5.10 Å². The molecule has 174 valence electrons. The lowest BCUT2D eigenvalue weighted by atomic mass is 10.0. The summed E-state index contributed by atoms with van der Waals surface area (Å²) in [5.41, 5.74) is 3.14. The molecule has 2 N–H and O–H groups in total. The van der Waals surface area contributed by atoms with Gasteiger partial charge in [0.2, 0.25) is 11.8 Å². The highest BCUT2D eigenvalue weighted by Crippen LogP contribution is 2.29. The van der Waals surface area contributed by atoms with Crippen molar-refractivity contribution in [3.63, 3.8) is 0 Å². The molecule has 2 aliphatic rings. The van der Waals surface area contributed by atoms with Crippen molar-refractivity contribution in [3.05, 3.63) is 71.8 Å². The molecule has 1 saturated heterocycles. The number of rotatable bonds is 4. The highest BCUT2D eigenvalue weighted by Gasteiger charge is 2.39. The van der Waals surface area contributed by atoms with E-state index in [2.05, 4.69) is 26.0 Å². The van der Waals surface area contributed by atoms with Gasteiger partial charge in [-0.05, 0) is 36.2 Å². The van der Waals surface area contributed by atoms with Crippen LogP contribution < -0.4 is 10.6 Å². The number of piperidine rings is 1. The Morgan fingerprint density at radius 2 is 2.03 bits per heavy atom. The molecule has 12 heteroatoms. The number of amides is 4. The smallest absolute Gasteiger partial charge is 0.277 e. The van der Waals surface area contributed by atoms with Gasteiger partial charge in [-0.3, -0.25) is 24.5 Å². The van der Waals surface area contributed by atoms with Crippen molar-refractivity contribution in [1.29, 1.82) is 0 Å². The van der Waals surface area contributed by atoms with Crippen LogP contribution in [-0.4, -0.2) is 59.2 Å². The number of hydrogen-bond donors (Lipinski definition) is 2. The maximum absolute atomic E-state index is 13.0. The zero-order chi connectivity index (χ0) is 24.1. The first kappa shape index (κ1) is 20.7. The van der Waals surface area contributed by atoms with Crippen molar-refractivity contribution in [2.24, 2.45) is 0 Å². The lowest BCUT2D eigenvalue weighted by Crippen LogP contribution is -2.52. The summed E-state index contributed by atoms with van der Waals surface area (Å²) in [7, 11) is 0. The lowest BCUT2D eigenvalue weighted by molar-refractivity contribution is -0.136. The standard InChI is InChI=1S/C23H18N8O4/c32-20-7-6-19(22(34)26-20)29-11-13-4-5-14(9-15(13)23(29)35)31-12-17(27-28-31)21(33)25-16-10-24-30-8-2-1-3-18(16)30/h1-5,8-10,12,19H,6-7,11H2,(H,25,33)(H,26,32,34). The number of anilines is 1. The van der Waals surface area contributed by atoms with Crippen LogP contribution in [-0.2, 0) is 16.1 Å². The summed E-state index contributed by atoms with van der Waals surface area (Å²) in [6, 6.07) is 10.0. The molecule has 0 bridgehead atoms. The fraction of sp³-hybridized carbons (Fsp3) is 0.174. The molecule has 4 amide bonds. The number of hydrogen-bond acceptors (Lipinski definition) is 7. The SMILES string of the molecule is O=C1CCC(N2Cc3ccc(-n4cc(C(=O)Nc5cnn6ccccc56)nn4)cc3C2=O)C(=O)N1. The molecule has 1 fully saturated rings. The molecule has 3 aromatic heterocycles. The second-order valence-corrected chi connectivity index (χ2v) is 8.33. The Labute approximate surface area is 197 Å². The Bertz CT molecular complexity index is 1540. The molecule has 35 heavy (non-hydrogen) atoms. The number of carbonyl (C=O) groups is 4. The predicted molar refractivity (Wildman–Crippen MR) is 121 cm³/mol. The summed E-state index contributed by atoms with van der Waals surface area (Å²) in [4.78, 5) is 50.9. The normalized spacial score (nSPS) is 17.5. The van der Waals surface area contributed by atoms with Crippen LogP contribution in [0.2, 0.25) is 0 Å². The van der Waals surface area contributed by atoms with E-state index in [0.717, 1.165) is 11.1 Å². The third kappa shape index (κ3) is 3.51. The third-order valence-corrected chi connectivity index (χ3v) is 6.18. The van der Waals surface area contributed by atoms with Crippen molar-refractivity contribution < 1.29 is 19.2 Å². The minimum absolute atomic E-state index is 0.0947. The van der Waals surface area contributed by atoms with Crippen LogP contribution in [0.25, 0.3) is 11.2 Å². The highest BCUT2D eigenvalue weighted by molar-refractivity contribution is 6.06. The fourth-order valence-electron chi connectivity index (χ4n) is 4.40. The Balaban J connectivity index is 1.21. The van der Waals surface area contributed by atoms with E-state index in [0.29, 0.717) is 23.4 Å². The van der Waals surface area contributed by atoms with Crippen LogP contribution >= 0.6 is 0 Å². The number of nitrogens with one attached hydrogen (secondary N) is 2. The predicted octanol–water partition coefficient (Wildman–Crippen LogP) is 0.928. The van der Waals surface area contributed by atoms with E-state index in [1.54, 1.807) is 35.1 Å². The van der Waals surface area contributed by atoms with Gasteiger partial charge in [0, 0.05) is 24.7 Å². The summed E-state index contributed by atoms with van der Waals surface area (Å²) < 4.78 is 3.05. The number of aromatic nitrogens is 5. The molecule has 1 unspecified atom stereocenters. The first-order valence-corrected chi connectivity index (χ1v) is 10.9. The van der Waals surface area contributed by atoms with Crippen molar-refractivity contribution in [1.82, 2.24) is 34.8 Å². The largest absolute Gasteiger partial charge is 0.322 e. The number of benzene rings is 1. The zero-order valence-corrected chi connectivity index (χ0v) is 18.2. The minimum Gasteiger partial charge on any atom is -0.322 e. The molecule has 0 saturated carbocycles. The van der Waals surface area contributed by atoms with Gasteiger partial charge >= 0.3 is 0 Å². The number of carbonyl (C=O) groups excluding carboxylic acids is 4. The van der Waals surface area contributed by atoms with Crippen molar-refractivity contribution in [2.75, 3.05) is 5.32 Å². The van der Waals surface area contributed by atoms with Crippen LogP contribution in [0, 0.1) is 0 Å². The molecule has 5 heterocycles. The highest BCUT2D eigenvalue weighted by atomic mass is 16.2. The van der Waals surface area contributed by atoms with E-state index < -0.39 is 17.9 Å². The van der Waals surface area contributed by atoms with Gasteiger partial charge in [0.05, 0.1) is 29.3 Å². The maximum Gasteiger partial charge on any atom is 0.277 e. The van der Waals surface area contributed by atoms with Crippen molar-refractivity contribution in [2.45, 2.75) is 25.4 Å². The molecule has 12 nitrogen and oxygen atoms in total. The van der Waals surface area contributed by atoms with Crippen molar-refractivity contribution >= 4 is 34.8 Å². The van der Waals surface area contributed by atoms with E-state index >= 15 is 0 Å². The Morgan fingerprint density at radius 3 is 2.89 bits per heavy atom. The zero-order valence-electron chi connectivity index (χ0n) is 18.2. The molecule has 1 atom stereocenters. The van der Waals surface area contributed by atoms with Crippen LogP contribution in [0.1, 0.15) is 39.3 Å². The first-order chi connectivity index (χ1) is 17.0. The molecule has 0 aliphatic carbocycles. The molecule has 4 aromatic rings. The summed E-state index contributed by atoms with van der Waals surface area (Å²) in [5.74, 6) is -1.52. The maximum atomic E-state index is 13.0. The summed E-state index contributed by atoms with van der Waals surface area (Å²) in [6.07, 6.45) is 5.29. The molecule has 0 radical (unpaired) electrons. The number of imide groups is 1. The number of pyridine rings is 1. The first-order valence-electron chi connectivity index (χ1n) is 10.9. The van der Waals surface area contributed by atoms with E-state index in [1.165, 1.54) is 15.8 Å². The molecule has 0 spiro atoms. The van der Waals surface area contributed by atoms with Gasteiger partial charge < -0.3 is 10.2 Å². The Hall–Kier alpha value is -4.87. The van der Waals surface area contributed by atoms with Gasteiger partial charge in [-0.15, -0.1) is 5.10 Å². The van der Waals surface area contributed by atoms with Crippen LogP contribution in [0.5, 0.6) is 0 Å². The van der Waals surface area contributed by atoms with E-state index in [9.17, 15) is 19.2 Å². The second-order valence-electron chi connectivity index (χ2n) is 8.33.